The summed E-state index contributed by atoms with van der Waals surface area (Å²) in [4.78, 5) is 20.6. The van der Waals surface area contributed by atoms with Gasteiger partial charge >= 0.3 is 6.01 Å². The first-order valence-corrected chi connectivity index (χ1v) is 8.54. The minimum atomic E-state index is 0.0182. The number of nitrogens with zero attached hydrogens (tertiary/aromatic N) is 3. The molecule has 1 spiro atoms. The smallest absolute Gasteiger partial charge is 0.313 e. The van der Waals surface area contributed by atoms with E-state index in [1.54, 1.807) is 24.5 Å². The van der Waals surface area contributed by atoms with E-state index in [0.29, 0.717) is 11.2 Å². The number of carbonyl (C=O) groups is 1. The van der Waals surface area contributed by atoms with Gasteiger partial charge in [-0.1, -0.05) is 18.0 Å². The second-order valence-electron chi connectivity index (χ2n) is 6.92. The number of rotatable bonds is 4. The number of carbonyl (C=O) groups excluding carboxylic acids is 1. The number of nitrogens with one attached hydrogen (secondary N) is 2. The van der Waals surface area contributed by atoms with Gasteiger partial charge in [0.25, 0.3) is 0 Å². The molecule has 1 atom stereocenters. The highest BCUT2D eigenvalue weighted by Gasteiger charge is 2.42. The Kier molecular flexibility index (Phi) is 3.92. The number of hydrazine groups is 1. The molecule has 2 aliphatic rings. The molecule has 0 radical (unpaired) electrons. The van der Waals surface area contributed by atoms with Gasteiger partial charge in [-0.2, -0.15) is 4.98 Å². The largest absolute Gasteiger partial charge is 0.340 e. The molecule has 2 N–H and O–H groups in total. The van der Waals surface area contributed by atoms with Crippen molar-refractivity contribution in [3.63, 3.8) is 0 Å². The zero-order valence-corrected chi connectivity index (χ0v) is 13.5. The van der Waals surface area contributed by atoms with Crippen molar-refractivity contribution < 1.29 is 9.32 Å². The maximum atomic E-state index is 12.4. The van der Waals surface area contributed by atoms with E-state index in [2.05, 4.69) is 26.0 Å². The number of pyridine rings is 1. The molecule has 0 aromatic carbocycles. The Morgan fingerprint density at radius 1 is 1.21 bits per heavy atom. The van der Waals surface area contributed by atoms with Crippen LogP contribution in [0.15, 0.2) is 29.0 Å². The van der Waals surface area contributed by atoms with Crippen LogP contribution in [0.4, 0.5) is 6.01 Å². The van der Waals surface area contributed by atoms with Crippen molar-refractivity contribution >= 4 is 11.9 Å². The van der Waals surface area contributed by atoms with Crippen LogP contribution in [0.25, 0.3) is 11.4 Å². The molecular weight excluding hydrogens is 306 g/mol. The third-order valence-corrected chi connectivity index (χ3v) is 5.38. The second-order valence-corrected chi connectivity index (χ2v) is 6.92. The summed E-state index contributed by atoms with van der Waals surface area (Å²) in [7, 11) is 0. The van der Waals surface area contributed by atoms with E-state index in [9.17, 15) is 4.79 Å². The van der Waals surface area contributed by atoms with Crippen LogP contribution in [0.1, 0.15) is 44.9 Å². The predicted octanol–water partition coefficient (Wildman–Crippen LogP) is 2.94. The molecular formula is C17H21N5O2. The van der Waals surface area contributed by atoms with Crippen molar-refractivity contribution in [1.82, 2.24) is 20.6 Å². The molecule has 0 aliphatic heterocycles. The van der Waals surface area contributed by atoms with Gasteiger partial charge in [0.1, 0.15) is 0 Å². The monoisotopic (exact) mass is 327 g/mol. The van der Waals surface area contributed by atoms with Crippen molar-refractivity contribution in [2.45, 2.75) is 44.9 Å². The van der Waals surface area contributed by atoms with Gasteiger partial charge in [0.05, 0.1) is 0 Å². The van der Waals surface area contributed by atoms with Crippen LogP contribution >= 0.6 is 0 Å². The summed E-state index contributed by atoms with van der Waals surface area (Å²) in [6, 6.07) is 3.78. The third kappa shape index (κ3) is 2.98. The standard InChI is InChI=1S/C17H21N5O2/c23-15(13-3-1-6-17(11-13)7-2-8-17)20-21-16-19-14(22-24-16)12-4-9-18-10-5-12/h4-5,9-10,13H,1-3,6-8,11H2,(H,20,23)(H,19,21,22). The summed E-state index contributed by atoms with van der Waals surface area (Å²) in [6.45, 7) is 0. The number of anilines is 1. The molecule has 2 aromatic heterocycles. The summed E-state index contributed by atoms with van der Waals surface area (Å²) in [5.41, 5.74) is 6.72. The molecule has 1 amide bonds. The SMILES string of the molecule is O=C(NNc1nc(-c2ccncc2)no1)C1CCCC2(CCC2)C1. The highest BCUT2D eigenvalue weighted by molar-refractivity contribution is 5.79. The van der Waals surface area contributed by atoms with E-state index in [1.165, 1.54) is 25.7 Å². The Bertz CT molecular complexity index is 711. The molecule has 2 fully saturated rings. The minimum Gasteiger partial charge on any atom is -0.313 e. The number of amides is 1. The average Bonchev–Trinajstić information content (AvgIpc) is 3.08. The van der Waals surface area contributed by atoms with Crippen LogP contribution in [0, 0.1) is 11.3 Å². The number of aromatic nitrogens is 3. The topological polar surface area (TPSA) is 92.9 Å². The molecule has 2 heterocycles. The van der Waals surface area contributed by atoms with Gasteiger partial charge in [0.15, 0.2) is 0 Å². The van der Waals surface area contributed by atoms with Crippen LogP contribution in [0.2, 0.25) is 0 Å². The Morgan fingerprint density at radius 2 is 2.00 bits per heavy atom. The lowest BCUT2D eigenvalue weighted by Gasteiger charge is -2.47. The fraction of sp³-hybridized carbons (Fsp3) is 0.529. The van der Waals surface area contributed by atoms with Gasteiger partial charge in [-0.25, -0.2) is 5.43 Å². The Balaban J connectivity index is 1.33. The highest BCUT2D eigenvalue weighted by Crippen LogP contribution is 2.53. The molecule has 0 saturated heterocycles. The van der Waals surface area contributed by atoms with Gasteiger partial charge in [-0.15, -0.1) is 0 Å². The molecule has 2 saturated carbocycles. The molecule has 1 unspecified atom stereocenters. The van der Waals surface area contributed by atoms with Crippen LogP contribution in [0.5, 0.6) is 0 Å². The second kappa shape index (κ2) is 6.22. The first-order valence-electron chi connectivity index (χ1n) is 8.54. The first kappa shape index (κ1) is 15.1. The maximum Gasteiger partial charge on any atom is 0.340 e. The van der Waals surface area contributed by atoms with Gasteiger partial charge in [-0.3, -0.25) is 15.2 Å². The van der Waals surface area contributed by atoms with Gasteiger partial charge < -0.3 is 4.52 Å². The van der Waals surface area contributed by atoms with Crippen molar-refractivity contribution in [1.29, 1.82) is 0 Å². The molecule has 2 aromatic rings. The van der Waals surface area contributed by atoms with Gasteiger partial charge in [0.2, 0.25) is 11.7 Å². The zero-order chi connectivity index (χ0) is 16.4. The van der Waals surface area contributed by atoms with Crippen molar-refractivity contribution in [2.24, 2.45) is 11.3 Å². The zero-order valence-electron chi connectivity index (χ0n) is 13.5. The Labute approximate surface area is 140 Å². The molecule has 126 valence electrons. The van der Waals surface area contributed by atoms with Gasteiger partial charge in [-0.05, 0) is 49.7 Å². The van der Waals surface area contributed by atoms with Crippen molar-refractivity contribution in [3.8, 4) is 11.4 Å². The Hall–Kier alpha value is -2.44. The molecule has 7 nitrogen and oxygen atoms in total. The van der Waals surface area contributed by atoms with E-state index in [4.69, 9.17) is 4.52 Å². The first-order chi connectivity index (χ1) is 11.7. The summed E-state index contributed by atoms with van der Waals surface area (Å²) in [6.07, 6.45) is 11.6. The lowest BCUT2D eigenvalue weighted by atomic mass is 9.58. The van der Waals surface area contributed by atoms with Crippen LogP contribution in [-0.4, -0.2) is 21.0 Å². The normalized spacial score (nSPS) is 21.9. The summed E-state index contributed by atoms with van der Waals surface area (Å²) < 4.78 is 5.12. The predicted molar refractivity (Wildman–Crippen MR) is 87.5 cm³/mol. The lowest BCUT2D eigenvalue weighted by Crippen LogP contribution is -2.42. The molecule has 4 rings (SSSR count). The molecule has 7 heteroatoms. The van der Waals surface area contributed by atoms with Crippen LogP contribution in [0.3, 0.4) is 0 Å². The molecule has 24 heavy (non-hydrogen) atoms. The molecule has 2 aliphatic carbocycles. The van der Waals surface area contributed by atoms with E-state index in [1.807, 2.05) is 0 Å². The fourth-order valence-corrected chi connectivity index (χ4v) is 3.91. The van der Waals surface area contributed by atoms with E-state index in [0.717, 1.165) is 24.8 Å². The number of hydrogen-bond acceptors (Lipinski definition) is 6. The minimum absolute atomic E-state index is 0.0182. The maximum absolute atomic E-state index is 12.4. The van der Waals surface area contributed by atoms with Crippen LogP contribution in [-0.2, 0) is 4.79 Å². The number of hydrogen-bond donors (Lipinski definition) is 2. The summed E-state index contributed by atoms with van der Waals surface area (Å²) in [5, 5.41) is 3.89. The quantitative estimate of drug-likeness (QED) is 0.839. The van der Waals surface area contributed by atoms with E-state index in [-0.39, 0.29) is 17.8 Å². The highest BCUT2D eigenvalue weighted by atomic mass is 16.5. The van der Waals surface area contributed by atoms with E-state index >= 15 is 0 Å². The summed E-state index contributed by atoms with van der Waals surface area (Å²) >= 11 is 0. The molecule has 0 bridgehead atoms. The van der Waals surface area contributed by atoms with E-state index < -0.39 is 0 Å². The average molecular weight is 327 g/mol. The van der Waals surface area contributed by atoms with Crippen molar-refractivity contribution in [3.05, 3.63) is 24.5 Å². The van der Waals surface area contributed by atoms with Crippen molar-refractivity contribution in [2.75, 3.05) is 5.43 Å². The van der Waals surface area contributed by atoms with Crippen LogP contribution < -0.4 is 10.9 Å². The lowest BCUT2D eigenvalue weighted by molar-refractivity contribution is -0.128. The summed E-state index contributed by atoms with van der Waals surface area (Å²) in [5.74, 6) is 0.555. The third-order valence-electron chi connectivity index (χ3n) is 5.38. The fourth-order valence-electron chi connectivity index (χ4n) is 3.91. The Morgan fingerprint density at radius 3 is 2.75 bits per heavy atom. The van der Waals surface area contributed by atoms with Gasteiger partial charge in [0, 0.05) is 23.9 Å².